The normalized spacial score (nSPS) is 11.6. The average Bonchev–Trinajstić information content (AvgIpc) is 3.02. The van der Waals surface area contributed by atoms with Crippen molar-refractivity contribution in [1.29, 1.82) is 0 Å². The van der Waals surface area contributed by atoms with Crippen LogP contribution < -0.4 is 4.18 Å². The van der Waals surface area contributed by atoms with Crippen molar-refractivity contribution >= 4 is 38.5 Å². The lowest BCUT2D eigenvalue weighted by molar-refractivity contribution is 0.103. The number of pyridine rings is 1. The Hall–Kier alpha value is -3.23. The van der Waals surface area contributed by atoms with Crippen molar-refractivity contribution in [3.63, 3.8) is 0 Å². The predicted molar refractivity (Wildman–Crippen MR) is 112 cm³/mol. The van der Waals surface area contributed by atoms with Gasteiger partial charge in [-0.15, -0.1) is 0 Å². The standard InChI is InChI=1S/C21H16ClN3O4S/c1-13-19-11-18(12-23-21(19)25(2)24-13)30(27,28)29-17-9-5-15(6-10-17)20(26)14-3-7-16(22)8-4-14/h3-12H,1-2H3. The van der Waals surface area contributed by atoms with Crippen LogP contribution in [0.5, 0.6) is 5.75 Å². The Balaban J connectivity index is 1.57. The van der Waals surface area contributed by atoms with Gasteiger partial charge in [-0.05, 0) is 61.5 Å². The lowest BCUT2D eigenvalue weighted by atomic mass is 10.0. The molecule has 0 aliphatic heterocycles. The number of fused-ring (bicyclic) bond motifs is 1. The van der Waals surface area contributed by atoms with Crippen molar-refractivity contribution in [2.24, 2.45) is 7.05 Å². The number of halogens is 1. The molecule has 0 saturated carbocycles. The molecule has 0 bridgehead atoms. The minimum absolute atomic E-state index is 0.0765. The van der Waals surface area contributed by atoms with Gasteiger partial charge in [0.15, 0.2) is 11.4 Å². The van der Waals surface area contributed by atoms with Gasteiger partial charge in [-0.2, -0.15) is 13.5 Å². The van der Waals surface area contributed by atoms with Crippen molar-refractivity contribution in [3.8, 4) is 5.75 Å². The molecule has 2 aromatic carbocycles. The van der Waals surface area contributed by atoms with Gasteiger partial charge in [-0.1, -0.05) is 11.6 Å². The van der Waals surface area contributed by atoms with Crippen LogP contribution in [0.4, 0.5) is 0 Å². The highest BCUT2D eigenvalue weighted by molar-refractivity contribution is 7.87. The van der Waals surface area contributed by atoms with Crippen LogP contribution in [0.1, 0.15) is 21.6 Å². The van der Waals surface area contributed by atoms with Gasteiger partial charge in [0.1, 0.15) is 10.6 Å². The van der Waals surface area contributed by atoms with E-state index in [9.17, 15) is 13.2 Å². The van der Waals surface area contributed by atoms with Crippen LogP contribution in [0, 0.1) is 6.92 Å². The van der Waals surface area contributed by atoms with Crippen molar-refractivity contribution in [3.05, 3.63) is 82.6 Å². The molecule has 0 amide bonds. The average molecular weight is 442 g/mol. The monoisotopic (exact) mass is 441 g/mol. The number of hydrogen-bond acceptors (Lipinski definition) is 6. The number of nitrogens with zero attached hydrogens (tertiary/aromatic N) is 3. The SMILES string of the molecule is Cc1nn(C)c2ncc(S(=O)(=O)Oc3ccc(C(=O)c4ccc(Cl)cc4)cc3)cc12. The largest absolute Gasteiger partial charge is 0.379 e. The molecular weight excluding hydrogens is 426 g/mol. The second kappa shape index (κ2) is 7.55. The molecule has 4 aromatic rings. The maximum atomic E-state index is 12.7. The summed E-state index contributed by atoms with van der Waals surface area (Å²) >= 11 is 5.84. The first-order valence-corrected chi connectivity index (χ1v) is 10.7. The molecule has 0 aliphatic carbocycles. The van der Waals surface area contributed by atoms with Crippen LogP contribution >= 0.6 is 11.6 Å². The first-order valence-electron chi connectivity index (χ1n) is 8.89. The number of aromatic nitrogens is 3. The molecule has 0 unspecified atom stereocenters. The van der Waals surface area contributed by atoms with Crippen LogP contribution in [-0.2, 0) is 17.2 Å². The lowest BCUT2D eigenvalue weighted by Crippen LogP contribution is -2.10. The van der Waals surface area contributed by atoms with Crippen LogP contribution in [-0.4, -0.2) is 29.0 Å². The number of rotatable bonds is 5. The van der Waals surface area contributed by atoms with E-state index in [-0.39, 0.29) is 16.4 Å². The summed E-state index contributed by atoms with van der Waals surface area (Å²) in [6.45, 7) is 1.78. The molecule has 4 rings (SSSR count). The van der Waals surface area contributed by atoms with Gasteiger partial charge in [-0.25, -0.2) is 4.98 Å². The molecule has 30 heavy (non-hydrogen) atoms. The van der Waals surface area contributed by atoms with Gasteiger partial charge in [-0.3, -0.25) is 9.48 Å². The van der Waals surface area contributed by atoms with Crippen molar-refractivity contribution in [2.75, 3.05) is 0 Å². The van der Waals surface area contributed by atoms with E-state index in [2.05, 4.69) is 10.1 Å². The third kappa shape index (κ3) is 3.79. The Labute approximate surface area is 178 Å². The van der Waals surface area contributed by atoms with Gasteiger partial charge in [0.2, 0.25) is 0 Å². The van der Waals surface area contributed by atoms with E-state index < -0.39 is 10.1 Å². The summed E-state index contributed by atoms with van der Waals surface area (Å²) in [5.41, 5.74) is 2.13. The van der Waals surface area contributed by atoms with Crippen LogP contribution in [0.15, 0.2) is 65.7 Å². The second-order valence-electron chi connectivity index (χ2n) is 6.65. The van der Waals surface area contributed by atoms with Gasteiger partial charge in [0.05, 0.1) is 11.9 Å². The minimum atomic E-state index is -4.10. The molecular formula is C21H16ClN3O4S. The van der Waals surface area contributed by atoms with Crippen molar-refractivity contribution in [2.45, 2.75) is 11.8 Å². The van der Waals surface area contributed by atoms with E-state index in [1.165, 1.54) is 36.5 Å². The molecule has 9 heteroatoms. The molecule has 0 fully saturated rings. The Morgan fingerprint density at radius 2 is 1.63 bits per heavy atom. The molecule has 2 aromatic heterocycles. The van der Waals surface area contributed by atoms with E-state index >= 15 is 0 Å². The quantitative estimate of drug-likeness (QED) is 0.344. The first-order chi connectivity index (χ1) is 14.2. The summed E-state index contributed by atoms with van der Waals surface area (Å²) in [4.78, 5) is 16.6. The van der Waals surface area contributed by atoms with E-state index in [0.29, 0.717) is 32.9 Å². The molecule has 0 aliphatic rings. The maximum absolute atomic E-state index is 12.7. The predicted octanol–water partition coefficient (Wildman–Crippen LogP) is 3.93. The number of carbonyl (C=O) groups excluding carboxylic acids is 1. The Morgan fingerprint density at radius 1 is 1.03 bits per heavy atom. The van der Waals surface area contributed by atoms with E-state index in [0.717, 1.165) is 0 Å². The van der Waals surface area contributed by atoms with Crippen LogP contribution in [0.2, 0.25) is 5.02 Å². The lowest BCUT2D eigenvalue weighted by Gasteiger charge is -2.08. The molecule has 0 radical (unpaired) electrons. The highest BCUT2D eigenvalue weighted by atomic mass is 35.5. The Morgan fingerprint density at radius 3 is 2.27 bits per heavy atom. The van der Waals surface area contributed by atoms with E-state index in [1.807, 2.05) is 0 Å². The first kappa shape index (κ1) is 20.1. The molecule has 7 nitrogen and oxygen atoms in total. The van der Waals surface area contributed by atoms with Crippen molar-refractivity contribution in [1.82, 2.24) is 14.8 Å². The topological polar surface area (TPSA) is 91.2 Å². The summed E-state index contributed by atoms with van der Waals surface area (Å²) in [6, 6.07) is 13.9. The number of benzene rings is 2. The van der Waals surface area contributed by atoms with Crippen LogP contribution in [0.25, 0.3) is 11.0 Å². The number of aryl methyl sites for hydroxylation is 2. The zero-order valence-electron chi connectivity index (χ0n) is 16.0. The summed E-state index contributed by atoms with van der Waals surface area (Å²) in [5, 5.41) is 5.40. The summed E-state index contributed by atoms with van der Waals surface area (Å²) in [7, 11) is -2.37. The molecule has 0 saturated heterocycles. The van der Waals surface area contributed by atoms with E-state index in [4.69, 9.17) is 15.8 Å². The summed E-state index contributed by atoms with van der Waals surface area (Å²) in [5.74, 6) is -0.117. The zero-order valence-corrected chi connectivity index (χ0v) is 17.6. The summed E-state index contributed by atoms with van der Waals surface area (Å²) in [6.07, 6.45) is 1.23. The summed E-state index contributed by atoms with van der Waals surface area (Å²) < 4.78 is 32.1. The number of carbonyl (C=O) groups is 1. The third-order valence-corrected chi connectivity index (χ3v) is 6.02. The molecule has 0 spiro atoms. The van der Waals surface area contributed by atoms with Crippen LogP contribution in [0.3, 0.4) is 0 Å². The van der Waals surface area contributed by atoms with Gasteiger partial charge in [0.25, 0.3) is 0 Å². The van der Waals surface area contributed by atoms with Gasteiger partial charge in [0, 0.05) is 28.6 Å². The molecule has 0 N–H and O–H groups in total. The Kier molecular flexibility index (Phi) is 5.05. The third-order valence-electron chi connectivity index (χ3n) is 4.56. The minimum Gasteiger partial charge on any atom is -0.379 e. The zero-order chi connectivity index (χ0) is 21.5. The smallest absolute Gasteiger partial charge is 0.340 e. The molecule has 152 valence electrons. The van der Waals surface area contributed by atoms with Gasteiger partial charge < -0.3 is 4.18 Å². The maximum Gasteiger partial charge on any atom is 0.340 e. The van der Waals surface area contributed by atoms with E-state index in [1.54, 1.807) is 42.9 Å². The van der Waals surface area contributed by atoms with Crippen molar-refractivity contribution < 1.29 is 17.4 Å². The fourth-order valence-corrected chi connectivity index (χ4v) is 4.06. The fourth-order valence-electron chi connectivity index (χ4n) is 3.03. The highest BCUT2D eigenvalue weighted by Crippen LogP contribution is 2.24. The van der Waals surface area contributed by atoms with Gasteiger partial charge >= 0.3 is 10.1 Å². The molecule has 0 atom stereocenters. The number of hydrogen-bond donors (Lipinski definition) is 0. The molecule has 2 heterocycles. The number of ketones is 1. The second-order valence-corrected chi connectivity index (χ2v) is 8.63. The highest BCUT2D eigenvalue weighted by Gasteiger charge is 2.20. The fraction of sp³-hybridized carbons (Fsp3) is 0.0952. The Bertz CT molecular complexity index is 1360.